The van der Waals surface area contributed by atoms with Crippen molar-refractivity contribution in [1.82, 2.24) is 10.2 Å². The van der Waals surface area contributed by atoms with Crippen LogP contribution in [0.15, 0.2) is 99.3 Å². The number of phenols is 1. The number of carbonyl (C=O) groups excluding carboxylic acids is 2. The zero-order valence-electron chi connectivity index (χ0n) is 25.5. The summed E-state index contributed by atoms with van der Waals surface area (Å²) in [5.74, 6) is -1.14. The van der Waals surface area contributed by atoms with E-state index in [-0.39, 0.29) is 32.4 Å². The molecular weight excluding hydrogens is 738 g/mol. The number of aromatic hydroxyl groups is 1. The van der Waals surface area contributed by atoms with Crippen LogP contribution in [0.5, 0.6) is 17.2 Å². The number of aromatic nitrogens is 2. The summed E-state index contributed by atoms with van der Waals surface area (Å²) in [6.45, 7) is 2.37. The molecule has 2 heterocycles. The molecule has 0 spiro atoms. The number of amides is 1. The summed E-state index contributed by atoms with van der Waals surface area (Å²) in [5, 5.41) is 31.4. The molecule has 1 aliphatic rings. The zero-order chi connectivity index (χ0) is 33.9. The van der Waals surface area contributed by atoms with Crippen LogP contribution in [0, 0.1) is 6.92 Å². The second-order valence-corrected chi connectivity index (χ2v) is 14.1. The van der Waals surface area contributed by atoms with Crippen LogP contribution in [0.4, 0.5) is 5.13 Å². The molecule has 6 rings (SSSR count). The summed E-state index contributed by atoms with van der Waals surface area (Å²) < 4.78 is 12.1. The van der Waals surface area contributed by atoms with Crippen LogP contribution >= 0.6 is 50.6 Å². The number of nitrogens with zero attached hydrogens (tertiary/aromatic N) is 3. The maximum atomic E-state index is 13.7. The first kappa shape index (κ1) is 33.5. The quantitative estimate of drug-likeness (QED) is 0.0474. The number of carbonyl (C=O) groups is 2. The molecule has 244 valence electrons. The van der Waals surface area contributed by atoms with Crippen molar-refractivity contribution in [3.63, 3.8) is 0 Å². The van der Waals surface area contributed by atoms with E-state index >= 15 is 0 Å². The SMILES string of the molecule is COc1cc(C2C(=C(O)c3ccc(OCc4ccccc4C)cc3)C(=O)C(=O)N2c2nnc(SCc3ccccc3Cl)s2)cc(Br)c1O. The van der Waals surface area contributed by atoms with Crippen LogP contribution < -0.4 is 14.4 Å². The van der Waals surface area contributed by atoms with Crippen LogP contribution in [-0.2, 0) is 21.9 Å². The third kappa shape index (κ3) is 6.79. The molecule has 48 heavy (non-hydrogen) atoms. The Labute approximate surface area is 297 Å². The van der Waals surface area contributed by atoms with Gasteiger partial charge in [-0.25, -0.2) is 0 Å². The van der Waals surface area contributed by atoms with Gasteiger partial charge in [-0.15, -0.1) is 10.2 Å². The van der Waals surface area contributed by atoms with Crippen molar-refractivity contribution in [2.24, 2.45) is 0 Å². The molecule has 5 aromatic rings. The highest BCUT2D eigenvalue weighted by atomic mass is 79.9. The number of Topliss-reactive ketones (excluding diaryl/α,β-unsaturated/α-hetero) is 1. The first-order chi connectivity index (χ1) is 23.2. The number of ketones is 1. The number of phenolic OH excluding ortho intramolecular Hbond substituents is 1. The van der Waals surface area contributed by atoms with Gasteiger partial charge in [0.2, 0.25) is 5.13 Å². The summed E-state index contributed by atoms with van der Waals surface area (Å²) in [5.41, 5.74) is 3.59. The monoisotopic (exact) mass is 763 g/mol. The van der Waals surface area contributed by atoms with E-state index in [0.717, 1.165) is 28.0 Å². The van der Waals surface area contributed by atoms with E-state index in [1.165, 1.54) is 29.8 Å². The van der Waals surface area contributed by atoms with E-state index < -0.39 is 17.7 Å². The van der Waals surface area contributed by atoms with Crippen molar-refractivity contribution in [3.8, 4) is 17.2 Å². The van der Waals surface area contributed by atoms with Crippen molar-refractivity contribution in [3.05, 3.63) is 128 Å². The number of aliphatic hydroxyl groups is 1. The largest absolute Gasteiger partial charge is 0.507 e. The lowest BCUT2D eigenvalue weighted by Gasteiger charge is -2.23. The smallest absolute Gasteiger partial charge is 0.301 e. The number of anilines is 1. The molecule has 1 unspecified atom stereocenters. The highest BCUT2D eigenvalue weighted by Gasteiger charge is 2.48. The molecule has 2 N–H and O–H groups in total. The van der Waals surface area contributed by atoms with Crippen LogP contribution in [-0.4, -0.2) is 39.2 Å². The number of rotatable bonds is 10. The first-order valence-corrected chi connectivity index (χ1v) is 17.5. The number of hydrogen-bond donors (Lipinski definition) is 2. The molecule has 1 atom stereocenters. The molecule has 0 radical (unpaired) electrons. The Morgan fingerprint density at radius 1 is 1.02 bits per heavy atom. The third-order valence-electron chi connectivity index (χ3n) is 7.73. The normalized spacial score (nSPS) is 15.6. The van der Waals surface area contributed by atoms with Crippen molar-refractivity contribution in [2.45, 2.75) is 29.7 Å². The lowest BCUT2D eigenvalue weighted by molar-refractivity contribution is -0.132. The number of ether oxygens (including phenoxy) is 2. The Morgan fingerprint density at radius 3 is 2.44 bits per heavy atom. The van der Waals surface area contributed by atoms with Gasteiger partial charge in [-0.3, -0.25) is 14.5 Å². The van der Waals surface area contributed by atoms with Gasteiger partial charge < -0.3 is 19.7 Å². The molecule has 9 nitrogen and oxygen atoms in total. The number of methoxy groups -OCH3 is 1. The predicted octanol–water partition coefficient (Wildman–Crippen LogP) is 8.47. The fraction of sp³-hybridized carbons (Fsp3) is 0.143. The molecular formula is C35H27BrClN3O6S2. The number of thioether (sulfide) groups is 1. The van der Waals surface area contributed by atoms with Gasteiger partial charge in [0.05, 0.1) is 23.2 Å². The van der Waals surface area contributed by atoms with Crippen LogP contribution in [0.2, 0.25) is 5.02 Å². The topological polar surface area (TPSA) is 122 Å². The molecule has 0 aliphatic carbocycles. The molecule has 1 saturated heterocycles. The highest BCUT2D eigenvalue weighted by molar-refractivity contribution is 9.10. The van der Waals surface area contributed by atoms with Gasteiger partial charge in [0.25, 0.3) is 5.78 Å². The predicted molar refractivity (Wildman–Crippen MR) is 190 cm³/mol. The molecule has 0 saturated carbocycles. The number of aliphatic hydroxyl groups excluding tert-OH is 1. The summed E-state index contributed by atoms with van der Waals surface area (Å²) in [6, 6.07) is 23.9. The number of halogens is 2. The maximum Gasteiger partial charge on any atom is 0.301 e. The van der Waals surface area contributed by atoms with Crippen LogP contribution in [0.1, 0.15) is 33.9 Å². The Morgan fingerprint density at radius 2 is 1.73 bits per heavy atom. The van der Waals surface area contributed by atoms with E-state index in [1.54, 1.807) is 36.4 Å². The minimum absolute atomic E-state index is 0.105. The average molecular weight is 765 g/mol. The molecule has 1 aliphatic heterocycles. The number of benzene rings is 4. The van der Waals surface area contributed by atoms with Gasteiger partial charge in [-0.2, -0.15) is 0 Å². The second kappa shape index (κ2) is 14.4. The van der Waals surface area contributed by atoms with Gasteiger partial charge in [0.1, 0.15) is 18.1 Å². The van der Waals surface area contributed by atoms with E-state index in [2.05, 4.69) is 26.1 Å². The van der Waals surface area contributed by atoms with Crippen molar-refractivity contribution in [1.29, 1.82) is 0 Å². The van der Waals surface area contributed by atoms with Crippen molar-refractivity contribution < 1.29 is 29.3 Å². The van der Waals surface area contributed by atoms with E-state index in [1.807, 2.05) is 49.4 Å². The summed E-state index contributed by atoms with van der Waals surface area (Å²) in [6.07, 6.45) is 0. The van der Waals surface area contributed by atoms with E-state index in [4.69, 9.17) is 21.1 Å². The number of aryl methyl sites for hydroxylation is 1. The lowest BCUT2D eigenvalue weighted by atomic mass is 9.95. The minimum atomic E-state index is -1.12. The van der Waals surface area contributed by atoms with E-state index in [0.29, 0.717) is 38.6 Å². The molecule has 1 aromatic heterocycles. The highest BCUT2D eigenvalue weighted by Crippen LogP contribution is 2.47. The Balaban J connectivity index is 1.36. The molecule has 0 bridgehead atoms. The Kier molecular flexibility index (Phi) is 10.1. The molecule has 13 heteroatoms. The minimum Gasteiger partial charge on any atom is -0.507 e. The standard InChI is InChI=1S/C35H27BrClN3O6S2/c1-19-7-3-4-8-21(19)17-46-24-13-11-20(12-14-24)30(41)28-29(23-15-25(36)31(42)27(16-23)45-2)40(33(44)32(28)43)34-38-39-35(48-34)47-18-22-9-5-6-10-26(22)37/h3-16,29,41-42H,17-18H2,1-2H3. The van der Waals surface area contributed by atoms with Crippen molar-refractivity contribution >= 4 is 73.2 Å². The Bertz CT molecular complexity index is 2050. The molecule has 4 aromatic carbocycles. The summed E-state index contributed by atoms with van der Waals surface area (Å²) in [4.78, 5) is 28.6. The number of hydrogen-bond acceptors (Lipinski definition) is 10. The lowest BCUT2D eigenvalue weighted by Crippen LogP contribution is -2.29. The van der Waals surface area contributed by atoms with Gasteiger partial charge in [-0.1, -0.05) is 77.2 Å². The van der Waals surface area contributed by atoms with Gasteiger partial charge in [-0.05, 0) is 87.6 Å². The van der Waals surface area contributed by atoms with Crippen LogP contribution in [0.3, 0.4) is 0 Å². The first-order valence-electron chi connectivity index (χ1n) is 14.5. The van der Waals surface area contributed by atoms with Crippen molar-refractivity contribution in [2.75, 3.05) is 12.0 Å². The fourth-order valence-corrected chi connectivity index (χ4v) is 7.78. The molecule has 1 amide bonds. The summed E-state index contributed by atoms with van der Waals surface area (Å²) in [7, 11) is 1.39. The average Bonchev–Trinajstić information content (AvgIpc) is 3.66. The Hall–Kier alpha value is -4.36. The summed E-state index contributed by atoms with van der Waals surface area (Å²) >= 11 is 12.2. The van der Waals surface area contributed by atoms with Gasteiger partial charge in [0, 0.05) is 16.3 Å². The third-order valence-corrected chi connectivity index (χ3v) is 10.8. The second-order valence-electron chi connectivity index (χ2n) is 10.7. The van der Waals surface area contributed by atoms with Crippen LogP contribution in [0.25, 0.3) is 5.76 Å². The van der Waals surface area contributed by atoms with E-state index in [9.17, 15) is 19.8 Å². The van der Waals surface area contributed by atoms with Gasteiger partial charge in [0.15, 0.2) is 15.8 Å². The maximum absolute atomic E-state index is 13.7. The zero-order valence-corrected chi connectivity index (χ0v) is 29.5. The fourth-order valence-electron chi connectivity index (χ4n) is 5.16. The molecule has 1 fully saturated rings. The van der Waals surface area contributed by atoms with Gasteiger partial charge >= 0.3 is 5.91 Å².